The van der Waals surface area contributed by atoms with E-state index in [1.165, 1.54) is 23.3 Å². The largest absolute Gasteiger partial charge is 0.361 e. The van der Waals surface area contributed by atoms with Crippen LogP contribution in [0.1, 0.15) is 28.2 Å². The van der Waals surface area contributed by atoms with Crippen molar-refractivity contribution in [1.29, 1.82) is 0 Å². The molecule has 0 spiro atoms. The molecule has 4 rings (SSSR count). The van der Waals surface area contributed by atoms with E-state index in [1.54, 1.807) is 12.4 Å². The van der Waals surface area contributed by atoms with Gasteiger partial charge in [-0.2, -0.15) is 0 Å². The van der Waals surface area contributed by atoms with Crippen molar-refractivity contribution in [3.63, 3.8) is 0 Å². The van der Waals surface area contributed by atoms with Gasteiger partial charge in [0.1, 0.15) is 12.2 Å². The van der Waals surface area contributed by atoms with Crippen molar-refractivity contribution in [1.82, 2.24) is 29.8 Å². The van der Waals surface area contributed by atoms with Crippen LogP contribution in [0.25, 0.3) is 11.4 Å². The van der Waals surface area contributed by atoms with Crippen LogP contribution in [-0.2, 0) is 19.5 Å². The first-order valence-corrected chi connectivity index (χ1v) is 8.35. The molecule has 0 aromatic carbocycles. The summed E-state index contributed by atoms with van der Waals surface area (Å²) < 4.78 is 0. The van der Waals surface area contributed by atoms with Gasteiger partial charge < -0.3 is 9.97 Å². The van der Waals surface area contributed by atoms with Gasteiger partial charge in [-0.1, -0.05) is 0 Å². The Morgan fingerprint density at radius 3 is 2.72 bits per heavy atom. The lowest BCUT2D eigenvalue weighted by Crippen LogP contribution is -2.35. The van der Waals surface area contributed by atoms with Crippen molar-refractivity contribution < 1.29 is 0 Å². The molecule has 0 amide bonds. The second kappa shape index (κ2) is 6.25. The Balaban J connectivity index is 1.62. The van der Waals surface area contributed by atoms with Gasteiger partial charge in [-0.05, 0) is 31.9 Å². The molecule has 0 saturated carbocycles. The van der Waals surface area contributed by atoms with Gasteiger partial charge in [0.2, 0.25) is 0 Å². The fourth-order valence-electron chi connectivity index (χ4n) is 3.36. The highest BCUT2D eigenvalue weighted by Gasteiger charge is 2.22. The summed E-state index contributed by atoms with van der Waals surface area (Å²) in [6, 6.07) is 2.16. The van der Waals surface area contributed by atoms with E-state index in [0.717, 1.165) is 29.9 Å². The first kappa shape index (κ1) is 15.7. The van der Waals surface area contributed by atoms with Gasteiger partial charge in [0, 0.05) is 49.0 Å². The highest BCUT2D eigenvalue weighted by molar-refractivity contribution is 5.52. The third-order valence-electron chi connectivity index (χ3n) is 4.63. The predicted octanol–water partition coefficient (Wildman–Crippen LogP) is 1.73. The number of H-pyrrole nitrogens is 2. The SMILES string of the molecule is Cc1cc(C)c(CN2CCc3c(nc(-c4cncnc4)[nH]c3=O)C2)[nH]1. The summed E-state index contributed by atoms with van der Waals surface area (Å²) in [6.07, 6.45) is 5.48. The smallest absolute Gasteiger partial charge is 0.254 e. The van der Waals surface area contributed by atoms with Gasteiger partial charge in [0.05, 0.1) is 11.3 Å². The monoisotopic (exact) mass is 336 g/mol. The van der Waals surface area contributed by atoms with Crippen LogP contribution in [-0.4, -0.2) is 36.4 Å². The summed E-state index contributed by atoms with van der Waals surface area (Å²) in [5.74, 6) is 0.526. The molecule has 0 aliphatic carbocycles. The lowest BCUT2D eigenvalue weighted by Gasteiger charge is -2.27. The third kappa shape index (κ3) is 3.10. The average Bonchev–Trinajstić information content (AvgIpc) is 2.92. The molecule has 0 saturated heterocycles. The Labute approximate surface area is 145 Å². The molecule has 0 radical (unpaired) electrons. The van der Waals surface area contributed by atoms with Crippen molar-refractivity contribution in [2.75, 3.05) is 6.54 Å². The van der Waals surface area contributed by atoms with Crippen LogP contribution in [0, 0.1) is 13.8 Å². The minimum atomic E-state index is -0.0598. The number of aromatic amines is 2. The number of nitrogens with zero attached hydrogens (tertiary/aromatic N) is 4. The van der Waals surface area contributed by atoms with Crippen LogP contribution in [0.3, 0.4) is 0 Å². The quantitative estimate of drug-likeness (QED) is 0.760. The maximum Gasteiger partial charge on any atom is 0.254 e. The van der Waals surface area contributed by atoms with E-state index in [0.29, 0.717) is 18.8 Å². The molecule has 1 aliphatic heterocycles. The highest BCUT2D eigenvalue weighted by Crippen LogP contribution is 2.20. The van der Waals surface area contributed by atoms with Crippen LogP contribution >= 0.6 is 0 Å². The molecule has 0 unspecified atom stereocenters. The molecule has 7 heteroatoms. The molecule has 2 N–H and O–H groups in total. The van der Waals surface area contributed by atoms with Gasteiger partial charge in [-0.25, -0.2) is 15.0 Å². The number of hydrogen-bond donors (Lipinski definition) is 2. The number of aromatic nitrogens is 5. The summed E-state index contributed by atoms with van der Waals surface area (Å²) in [4.78, 5) is 33.7. The Hall–Kier alpha value is -2.80. The van der Waals surface area contributed by atoms with Crippen LogP contribution in [0.15, 0.2) is 29.6 Å². The number of aryl methyl sites for hydroxylation is 2. The Morgan fingerprint density at radius 1 is 1.20 bits per heavy atom. The number of rotatable bonds is 3. The predicted molar refractivity (Wildman–Crippen MR) is 94.0 cm³/mol. The molecule has 3 aromatic heterocycles. The zero-order valence-electron chi connectivity index (χ0n) is 14.3. The van der Waals surface area contributed by atoms with Gasteiger partial charge in [0.25, 0.3) is 5.56 Å². The minimum absolute atomic E-state index is 0.0598. The Morgan fingerprint density at radius 2 is 2.00 bits per heavy atom. The second-order valence-corrected chi connectivity index (χ2v) is 6.54. The zero-order valence-corrected chi connectivity index (χ0v) is 14.3. The van der Waals surface area contributed by atoms with Gasteiger partial charge in [-0.3, -0.25) is 9.69 Å². The summed E-state index contributed by atoms with van der Waals surface area (Å²) in [5.41, 5.74) is 5.95. The molecule has 1 aliphatic rings. The highest BCUT2D eigenvalue weighted by atomic mass is 16.1. The number of hydrogen-bond acceptors (Lipinski definition) is 5. The molecular weight excluding hydrogens is 316 g/mol. The van der Waals surface area contributed by atoms with Gasteiger partial charge >= 0.3 is 0 Å². The topological polar surface area (TPSA) is 90.6 Å². The molecule has 0 bridgehead atoms. The molecule has 3 aromatic rings. The molecule has 7 nitrogen and oxygen atoms in total. The molecule has 128 valence electrons. The van der Waals surface area contributed by atoms with Gasteiger partial charge in [-0.15, -0.1) is 0 Å². The van der Waals surface area contributed by atoms with Crippen LogP contribution in [0.5, 0.6) is 0 Å². The van der Waals surface area contributed by atoms with E-state index >= 15 is 0 Å². The number of nitrogens with one attached hydrogen (secondary N) is 2. The maximum absolute atomic E-state index is 12.4. The van der Waals surface area contributed by atoms with Gasteiger partial charge in [0.15, 0.2) is 0 Å². The van der Waals surface area contributed by atoms with Crippen molar-refractivity contribution in [2.45, 2.75) is 33.4 Å². The minimum Gasteiger partial charge on any atom is -0.361 e. The standard InChI is InChI=1S/C18H20N6O/c1-11-5-12(2)21-15(11)8-24-4-3-14-16(9-24)22-17(23-18(14)25)13-6-19-10-20-7-13/h5-7,10,21H,3-4,8-9H2,1-2H3,(H,22,23,25). The average molecular weight is 336 g/mol. The second-order valence-electron chi connectivity index (χ2n) is 6.54. The van der Waals surface area contributed by atoms with E-state index in [2.05, 4.69) is 49.7 Å². The summed E-state index contributed by atoms with van der Waals surface area (Å²) >= 11 is 0. The normalized spacial score (nSPS) is 14.5. The van der Waals surface area contributed by atoms with Crippen molar-refractivity contribution >= 4 is 0 Å². The van der Waals surface area contributed by atoms with E-state index in [1.807, 2.05) is 0 Å². The van der Waals surface area contributed by atoms with E-state index in [4.69, 9.17) is 0 Å². The van der Waals surface area contributed by atoms with E-state index < -0.39 is 0 Å². The van der Waals surface area contributed by atoms with Crippen molar-refractivity contribution in [3.8, 4) is 11.4 Å². The first-order valence-electron chi connectivity index (χ1n) is 8.35. The lowest BCUT2D eigenvalue weighted by atomic mass is 10.1. The lowest BCUT2D eigenvalue weighted by molar-refractivity contribution is 0.237. The molecule has 25 heavy (non-hydrogen) atoms. The first-order chi connectivity index (χ1) is 12.1. The zero-order chi connectivity index (χ0) is 17.4. The fourth-order valence-corrected chi connectivity index (χ4v) is 3.36. The van der Waals surface area contributed by atoms with Crippen molar-refractivity contribution in [3.05, 3.63) is 63.3 Å². The van der Waals surface area contributed by atoms with Crippen LogP contribution in [0.4, 0.5) is 0 Å². The maximum atomic E-state index is 12.4. The van der Waals surface area contributed by atoms with E-state index in [9.17, 15) is 4.79 Å². The summed E-state index contributed by atoms with van der Waals surface area (Å²) in [5, 5.41) is 0. The Kier molecular flexibility index (Phi) is 3.93. The Bertz CT molecular complexity index is 959. The van der Waals surface area contributed by atoms with Crippen LogP contribution < -0.4 is 5.56 Å². The molecular formula is C18H20N6O. The molecule has 0 atom stereocenters. The third-order valence-corrected chi connectivity index (χ3v) is 4.63. The molecule has 0 fully saturated rings. The van der Waals surface area contributed by atoms with Crippen LogP contribution in [0.2, 0.25) is 0 Å². The fraction of sp³-hybridized carbons (Fsp3) is 0.333. The van der Waals surface area contributed by atoms with E-state index in [-0.39, 0.29) is 5.56 Å². The van der Waals surface area contributed by atoms with Crippen molar-refractivity contribution in [2.24, 2.45) is 0 Å². The number of fused-ring (bicyclic) bond motifs is 1. The summed E-state index contributed by atoms with van der Waals surface area (Å²) in [6.45, 7) is 6.53. The summed E-state index contributed by atoms with van der Waals surface area (Å²) in [7, 11) is 0. The molecule has 4 heterocycles.